The summed E-state index contributed by atoms with van der Waals surface area (Å²) >= 11 is 3.59. The van der Waals surface area contributed by atoms with Crippen LogP contribution in [0, 0.1) is 5.92 Å². The molecule has 9 nitrogen and oxygen atoms in total. The summed E-state index contributed by atoms with van der Waals surface area (Å²) in [5.74, 6) is -4.28. The summed E-state index contributed by atoms with van der Waals surface area (Å²) in [5, 5.41) is 3.03. The maximum absolute atomic E-state index is 14.6. The lowest BCUT2D eigenvalue weighted by Gasteiger charge is -2.31. The molecule has 1 saturated heterocycles. The monoisotopic (exact) mass is 614 g/mol. The lowest BCUT2D eigenvalue weighted by molar-refractivity contribution is -0.165. The molecule has 1 spiro atoms. The maximum Gasteiger partial charge on any atom is 0.338 e. The van der Waals surface area contributed by atoms with Gasteiger partial charge < -0.3 is 19.1 Å². The molecule has 2 aromatic rings. The number of ether oxygens (including phenoxy) is 3. The van der Waals surface area contributed by atoms with Gasteiger partial charge in [-0.1, -0.05) is 57.2 Å². The van der Waals surface area contributed by atoms with Crippen molar-refractivity contribution in [2.45, 2.75) is 64.1 Å². The summed E-state index contributed by atoms with van der Waals surface area (Å²) in [6, 6.07) is 13.3. The first-order valence-corrected chi connectivity index (χ1v) is 14.1. The van der Waals surface area contributed by atoms with Gasteiger partial charge in [-0.25, -0.2) is 9.59 Å². The normalized spacial score (nSPS) is 21.3. The number of rotatable bonds is 7. The molecular formula is C30H35BrN2O7. The number of amides is 1. The van der Waals surface area contributed by atoms with Gasteiger partial charge in [-0.15, -0.1) is 0 Å². The van der Waals surface area contributed by atoms with Gasteiger partial charge in [0.25, 0.3) is 5.91 Å². The summed E-state index contributed by atoms with van der Waals surface area (Å²) in [6.07, 6.45) is -0.372. The minimum atomic E-state index is -2.09. The van der Waals surface area contributed by atoms with Gasteiger partial charge in [-0.05, 0) is 52.4 Å². The van der Waals surface area contributed by atoms with Gasteiger partial charge in [0.05, 0.1) is 38.5 Å². The molecule has 0 aromatic heterocycles. The number of halogens is 1. The van der Waals surface area contributed by atoms with Crippen molar-refractivity contribution in [1.29, 1.82) is 0 Å². The summed E-state index contributed by atoms with van der Waals surface area (Å²) in [4.78, 5) is 56.2. The molecule has 1 amide bonds. The van der Waals surface area contributed by atoms with Crippen molar-refractivity contribution in [2.75, 3.05) is 25.2 Å². The van der Waals surface area contributed by atoms with E-state index in [1.807, 2.05) is 24.3 Å². The van der Waals surface area contributed by atoms with Crippen LogP contribution in [0.15, 0.2) is 46.9 Å². The van der Waals surface area contributed by atoms with E-state index in [-0.39, 0.29) is 31.6 Å². The number of carbonyl (C=O) groups is 4. The molecular weight excluding hydrogens is 580 g/mol. The van der Waals surface area contributed by atoms with Crippen molar-refractivity contribution in [3.05, 3.63) is 63.6 Å². The SMILES string of the molecule is CCOC(=O)C1(C(=O)OCC)C[C@@H](C(=O)OC)[C@@]2(N1)C(=O)N(Cc1ccc(C(C)(C)C)cc1)c1c(Br)cccc12. The second-order valence-electron chi connectivity index (χ2n) is 11.0. The standard InChI is InChI=1S/C30H35BrN2O7/c1-7-39-26(36)29(27(37)40-8-2)16-21(24(34)38-6)30(32-29)20-10-9-11-22(31)23(20)33(25(30)35)17-18-12-14-19(15-13-18)28(3,4)5/h9-15,21,32H,7-8,16-17H2,1-6H3/t21-,30+/m0/s1. The van der Waals surface area contributed by atoms with Crippen LogP contribution >= 0.6 is 15.9 Å². The number of nitrogens with one attached hydrogen (secondary N) is 1. The molecule has 2 aromatic carbocycles. The number of benzene rings is 2. The van der Waals surface area contributed by atoms with Gasteiger partial charge >= 0.3 is 17.9 Å². The second kappa shape index (κ2) is 11.0. The summed E-state index contributed by atoms with van der Waals surface area (Å²) in [7, 11) is 1.21. The van der Waals surface area contributed by atoms with Crippen LogP contribution in [0.2, 0.25) is 0 Å². The predicted molar refractivity (Wildman–Crippen MR) is 151 cm³/mol. The average Bonchev–Trinajstić information content (AvgIpc) is 3.40. The lowest BCUT2D eigenvalue weighted by atomic mass is 9.79. The Kier molecular flexibility index (Phi) is 8.15. The van der Waals surface area contributed by atoms with Crippen molar-refractivity contribution in [1.82, 2.24) is 5.32 Å². The third-order valence-corrected chi connectivity index (χ3v) is 8.24. The van der Waals surface area contributed by atoms with Crippen LogP contribution in [0.3, 0.4) is 0 Å². The largest absolute Gasteiger partial charge is 0.469 e. The molecule has 4 rings (SSSR count). The maximum atomic E-state index is 14.6. The van der Waals surface area contributed by atoms with E-state index in [9.17, 15) is 19.2 Å². The zero-order valence-electron chi connectivity index (χ0n) is 23.6. The molecule has 2 aliphatic heterocycles. The van der Waals surface area contributed by atoms with Gasteiger partial charge in [0.1, 0.15) is 5.54 Å². The molecule has 1 fully saturated rings. The van der Waals surface area contributed by atoms with Crippen LogP contribution in [-0.2, 0) is 50.9 Å². The van der Waals surface area contributed by atoms with Crippen molar-refractivity contribution >= 4 is 45.4 Å². The van der Waals surface area contributed by atoms with E-state index in [1.165, 1.54) is 7.11 Å². The molecule has 40 heavy (non-hydrogen) atoms. The highest BCUT2D eigenvalue weighted by atomic mass is 79.9. The van der Waals surface area contributed by atoms with Crippen molar-refractivity contribution < 1.29 is 33.4 Å². The van der Waals surface area contributed by atoms with Gasteiger partial charge in [-0.3, -0.25) is 14.9 Å². The minimum absolute atomic E-state index is 0.00960. The number of esters is 3. The number of nitrogens with zero attached hydrogens (tertiary/aromatic N) is 1. The quantitative estimate of drug-likeness (QED) is 0.281. The van der Waals surface area contributed by atoms with Crippen LogP contribution in [0.5, 0.6) is 0 Å². The number of carbonyl (C=O) groups excluding carboxylic acids is 4. The Hall–Kier alpha value is -3.24. The highest BCUT2D eigenvalue weighted by Gasteiger charge is 2.72. The second-order valence-corrected chi connectivity index (χ2v) is 11.9. The third-order valence-electron chi connectivity index (χ3n) is 7.60. The Morgan fingerprint density at radius 1 is 1.02 bits per heavy atom. The predicted octanol–water partition coefficient (Wildman–Crippen LogP) is 4.14. The number of para-hydroxylation sites is 1. The molecule has 0 aliphatic carbocycles. The molecule has 214 valence electrons. The Morgan fingerprint density at radius 2 is 1.62 bits per heavy atom. The van der Waals surface area contributed by atoms with E-state index < -0.39 is 40.8 Å². The summed E-state index contributed by atoms with van der Waals surface area (Å²) in [5.41, 5.74) is -0.899. The van der Waals surface area contributed by atoms with Gasteiger partial charge in [-0.2, -0.15) is 0 Å². The fourth-order valence-electron chi connectivity index (χ4n) is 5.64. The molecule has 2 aliphatic rings. The van der Waals surface area contributed by atoms with Crippen molar-refractivity contribution in [2.24, 2.45) is 5.92 Å². The number of hydrogen-bond acceptors (Lipinski definition) is 8. The average molecular weight is 616 g/mol. The third kappa shape index (κ3) is 4.71. The van der Waals surface area contributed by atoms with Crippen LogP contribution in [0.4, 0.5) is 5.69 Å². The highest BCUT2D eigenvalue weighted by molar-refractivity contribution is 9.10. The Labute approximate surface area is 242 Å². The first-order chi connectivity index (χ1) is 18.9. The number of anilines is 1. The van der Waals surface area contributed by atoms with Crippen LogP contribution in [0.1, 0.15) is 57.7 Å². The Balaban J connectivity index is 1.88. The van der Waals surface area contributed by atoms with E-state index in [4.69, 9.17) is 14.2 Å². The number of methoxy groups -OCH3 is 1. The molecule has 0 radical (unpaired) electrons. The van der Waals surface area contributed by atoms with E-state index in [1.54, 1.807) is 36.9 Å². The first kappa shape index (κ1) is 29.7. The minimum Gasteiger partial charge on any atom is -0.469 e. The topological polar surface area (TPSA) is 111 Å². The van der Waals surface area contributed by atoms with Crippen molar-refractivity contribution in [3.8, 4) is 0 Å². The Morgan fingerprint density at radius 3 is 2.15 bits per heavy atom. The van der Waals surface area contributed by atoms with E-state index in [2.05, 4.69) is 42.0 Å². The molecule has 1 N–H and O–H groups in total. The molecule has 10 heteroatoms. The van der Waals surface area contributed by atoms with Crippen molar-refractivity contribution in [3.63, 3.8) is 0 Å². The van der Waals surface area contributed by atoms with E-state index in [0.717, 1.165) is 11.1 Å². The Bertz CT molecular complexity index is 1320. The molecule has 0 saturated carbocycles. The van der Waals surface area contributed by atoms with E-state index in [0.29, 0.717) is 15.7 Å². The molecule has 2 atom stereocenters. The summed E-state index contributed by atoms with van der Waals surface area (Å²) < 4.78 is 16.3. The summed E-state index contributed by atoms with van der Waals surface area (Å²) in [6.45, 7) is 9.78. The smallest absolute Gasteiger partial charge is 0.338 e. The van der Waals surface area contributed by atoms with Crippen LogP contribution in [-0.4, -0.2) is 49.7 Å². The zero-order chi connectivity index (χ0) is 29.5. The zero-order valence-corrected chi connectivity index (χ0v) is 25.2. The number of fused-ring (bicyclic) bond motifs is 2. The molecule has 0 bridgehead atoms. The van der Waals surface area contributed by atoms with Crippen LogP contribution in [0.25, 0.3) is 0 Å². The fourth-order valence-corrected chi connectivity index (χ4v) is 6.22. The van der Waals surface area contributed by atoms with Gasteiger partial charge in [0.15, 0.2) is 0 Å². The lowest BCUT2D eigenvalue weighted by Crippen LogP contribution is -2.62. The van der Waals surface area contributed by atoms with E-state index >= 15 is 0 Å². The van der Waals surface area contributed by atoms with Gasteiger partial charge in [0.2, 0.25) is 5.54 Å². The van der Waals surface area contributed by atoms with Crippen LogP contribution < -0.4 is 10.2 Å². The highest BCUT2D eigenvalue weighted by Crippen LogP contribution is 2.55. The molecule has 0 unspecified atom stereocenters. The fraction of sp³-hybridized carbons (Fsp3) is 0.467. The first-order valence-electron chi connectivity index (χ1n) is 13.3. The van der Waals surface area contributed by atoms with Gasteiger partial charge in [0, 0.05) is 16.5 Å². The number of hydrogen-bond donors (Lipinski definition) is 1. The molecule has 2 heterocycles.